The van der Waals surface area contributed by atoms with Crippen LogP contribution in [0.4, 0.5) is 5.69 Å². The summed E-state index contributed by atoms with van der Waals surface area (Å²) in [7, 11) is 3.91. The predicted octanol–water partition coefficient (Wildman–Crippen LogP) is 3.77. The lowest BCUT2D eigenvalue weighted by atomic mass is 9.93. The second-order valence-electron chi connectivity index (χ2n) is 9.86. The number of aliphatic hydroxyl groups is 1. The number of likely N-dealkylation sites (tertiary alicyclic amines) is 1. The van der Waals surface area contributed by atoms with Gasteiger partial charge in [0.05, 0.1) is 24.8 Å². The Kier molecular flexibility index (Phi) is 8.86. The zero-order chi connectivity index (χ0) is 27.2. The van der Waals surface area contributed by atoms with Gasteiger partial charge in [-0.3, -0.25) is 14.5 Å². The lowest BCUT2D eigenvalue weighted by Crippen LogP contribution is -2.38. The summed E-state index contributed by atoms with van der Waals surface area (Å²) >= 11 is 0. The maximum absolute atomic E-state index is 13.4. The average Bonchev–Trinajstić information content (AvgIpc) is 3.17. The Labute approximate surface area is 224 Å². The summed E-state index contributed by atoms with van der Waals surface area (Å²) in [5, 5.41) is 11.5. The molecule has 0 bridgehead atoms. The molecule has 2 saturated heterocycles. The van der Waals surface area contributed by atoms with Crippen molar-refractivity contribution in [1.29, 1.82) is 0 Å². The smallest absolute Gasteiger partial charge is 0.295 e. The van der Waals surface area contributed by atoms with E-state index in [1.807, 2.05) is 50.2 Å². The van der Waals surface area contributed by atoms with Crippen LogP contribution in [-0.4, -0.2) is 86.7 Å². The molecule has 1 unspecified atom stereocenters. The van der Waals surface area contributed by atoms with Crippen LogP contribution < -0.4 is 9.64 Å². The number of aryl methyl sites for hydroxylation is 1. The summed E-state index contributed by atoms with van der Waals surface area (Å²) in [4.78, 5) is 32.6. The first-order chi connectivity index (χ1) is 18.3. The molecule has 38 heavy (non-hydrogen) atoms. The fourth-order valence-corrected chi connectivity index (χ4v) is 4.99. The van der Waals surface area contributed by atoms with Crippen molar-refractivity contribution in [2.45, 2.75) is 19.4 Å². The van der Waals surface area contributed by atoms with Gasteiger partial charge >= 0.3 is 0 Å². The highest BCUT2D eigenvalue weighted by Gasteiger charge is 2.46. The van der Waals surface area contributed by atoms with Crippen molar-refractivity contribution in [2.75, 3.05) is 65.0 Å². The van der Waals surface area contributed by atoms with E-state index in [9.17, 15) is 14.7 Å². The summed E-state index contributed by atoms with van der Waals surface area (Å²) in [6.45, 7) is 10.2. The van der Waals surface area contributed by atoms with Gasteiger partial charge in [0.2, 0.25) is 0 Å². The first-order valence-corrected chi connectivity index (χ1v) is 13.0. The molecule has 8 nitrogen and oxygen atoms in total. The molecule has 2 aromatic carbocycles. The summed E-state index contributed by atoms with van der Waals surface area (Å²) in [6, 6.07) is 12.4. The van der Waals surface area contributed by atoms with Gasteiger partial charge in [-0.2, -0.15) is 0 Å². The van der Waals surface area contributed by atoms with Gasteiger partial charge in [0.15, 0.2) is 0 Å². The standard InChI is InChI=1S/C30H37N3O5/c1-5-17-38-24-11-12-25(21(2)20-24)28(34)26-27(22-7-9-23(10-8-22)31(3)4)33(30(36)29(26)35)14-6-13-32-15-18-37-19-16-32/h5,7-12,20,27,34H,1,6,13-19H2,2-4H3/b28-26+. The number of hydrogen-bond acceptors (Lipinski definition) is 7. The van der Waals surface area contributed by atoms with E-state index in [1.54, 1.807) is 29.2 Å². The third-order valence-corrected chi connectivity index (χ3v) is 7.06. The van der Waals surface area contributed by atoms with Crippen LogP contribution in [0.25, 0.3) is 5.76 Å². The molecule has 0 saturated carbocycles. The van der Waals surface area contributed by atoms with Gasteiger partial charge in [-0.15, -0.1) is 0 Å². The molecule has 2 aromatic rings. The summed E-state index contributed by atoms with van der Waals surface area (Å²) in [6.07, 6.45) is 2.37. The summed E-state index contributed by atoms with van der Waals surface area (Å²) in [5.41, 5.74) is 3.14. The predicted molar refractivity (Wildman–Crippen MR) is 149 cm³/mol. The van der Waals surface area contributed by atoms with Crippen molar-refractivity contribution in [3.63, 3.8) is 0 Å². The molecule has 2 fully saturated rings. The van der Waals surface area contributed by atoms with Gasteiger partial charge in [0.1, 0.15) is 18.1 Å². The first kappa shape index (κ1) is 27.4. The van der Waals surface area contributed by atoms with Crippen LogP contribution >= 0.6 is 0 Å². The number of aliphatic hydroxyl groups excluding tert-OH is 1. The lowest BCUT2D eigenvalue weighted by molar-refractivity contribution is -0.140. The van der Waals surface area contributed by atoms with E-state index in [1.165, 1.54) is 0 Å². The van der Waals surface area contributed by atoms with Gasteiger partial charge in [-0.25, -0.2) is 0 Å². The average molecular weight is 520 g/mol. The van der Waals surface area contributed by atoms with E-state index in [0.29, 0.717) is 44.1 Å². The van der Waals surface area contributed by atoms with E-state index in [0.717, 1.165) is 36.4 Å². The number of benzene rings is 2. The second kappa shape index (κ2) is 12.3. The summed E-state index contributed by atoms with van der Waals surface area (Å²) < 4.78 is 11.0. The Morgan fingerprint density at radius 2 is 1.84 bits per heavy atom. The van der Waals surface area contributed by atoms with Crippen LogP contribution in [0.15, 0.2) is 60.7 Å². The third-order valence-electron chi connectivity index (χ3n) is 7.06. The van der Waals surface area contributed by atoms with Gasteiger partial charge in [0, 0.05) is 51.5 Å². The van der Waals surface area contributed by atoms with Crippen molar-refractivity contribution in [1.82, 2.24) is 9.80 Å². The Morgan fingerprint density at radius 1 is 1.13 bits per heavy atom. The second-order valence-corrected chi connectivity index (χ2v) is 9.86. The third kappa shape index (κ3) is 5.92. The fraction of sp³-hybridized carbons (Fsp3) is 0.400. The van der Waals surface area contributed by atoms with Crippen molar-refractivity contribution in [3.8, 4) is 5.75 Å². The molecular formula is C30H37N3O5. The van der Waals surface area contributed by atoms with E-state index in [2.05, 4.69) is 11.5 Å². The molecule has 2 aliphatic rings. The van der Waals surface area contributed by atoms with Crippen LogP contribution in [0.2, 0.25) is 0 Å². The van der Waals surface area contributed by atoms with Crippen LogP contribution in [0.1, 0.15) is 29.2 Å². The Balaban J connectivity index is 1.69. The highest BCUT2D eigenvalue weighted by atomic mass is 16.5. The van der Waals surface area contributed by atoms with Crippen molar-refractivity contribution in [2.24, 2.45) is 0 Å². The normalized spacial score (nSPS) is 19.6. The number of carbonyl (C=O) groups excluding carboxylic acids is 2. The van der Waals surface area contributed by atoms with Crippen LogP contribution in [0.3, 0.4) is 0 Å². The summed E-state index contributed by atoms with van der Waals surface area (Å²) in [5.74, 6) is -0.785. The molecule has 1 atom stereocenters. The minimum absolute atomic E-state index is 0.113. The lowest BCUT2D eigenvalue weighted by Gasteiger charge is -2.29. The zero-order valence-electron chi connectivity index (χ0n) is 22.5. The van der Waals surface area contributed by atoms with E-state index >= 15 is 0 Å². The topological polar surface area (TPSA) is 82.5 Å². The molecule has 4 rings (SSSR count). The minimum Gasteiger partial charge on any atom is -0.507 e. The van der Waals surface area contributed by atoms with Crippen LogP contribution in [-0.2, 0) is 14.3 Å². The quantitative estimate of drug-likeness (QED) is 0.221. The Hall–Kier alpha value is -3.62. The monoisotopic (exact) mass is 519 g/mol. The number of ketones is 1. The first-order valence-electron chi connectivity index (χ1n) is 13.0. The van der Waals surface area contributed by atoms with E-state index in [4.69, 9.17) is 9.47 Å². The van der Waals surface area contributed by atoms with Crippen molar-refractivity contribution >= 4 is 23.1 Å². The number of hydrogen-bond donors (Lipinski definition) is 1. The highest BCUT2D eigenvalue weighted by Crippen LogP contribution is 2.40. The number of ether oxygens (including phenoxy) is 2. The van der Waals surface area contributed by atoms with E-state index < -0.39 is 17.7 Å². The van der Waals surface area contributed by atoms with Crippen LogP contribution in [0.5, 0.6) is 5.75 Å². The zero-order valence-corrected chi connectivity index (χ0v) is 22.5. The SMILES string of the molecule is C=CCOc1ccc(/C(O)=C2\C(=O)C(=O)N(CCCN3CCOCC3)C2c2ccc(N(C)C)cc2)c(C)c1. The van der Waals surface area contributed by atoms with Gasteiger partial charge in [-0.1, -0.05) is 24.8 Å². The molecule has 1 N–H and O–H groups in total. The van der Waals surface area contributed by atoms with Gasteiger partial charge < -0.3 is 24.4 Å². The largest absolute Gasteiger partial charge is 0.507 e. The number of nitrogens with zero attached hydrogens (tertiary/aromatic N) is 3. The molecule has 2 aliphatic heterocycles. The molecule has 202 valence electrons. The van der Waals surface area contributed by atoms with Crippen LogP contribution in [0, 0.1) is 6.92 Å². The molecule has 0 radical (unpaired) electrons. The Morgan fingerprint density at radius 3 is 2.47 bits per heavy atom. The molecule has 0 aromatic heterocycles. The van der Waals surface area contributed by atoms with Gasteiger partial charge in [-0.05, 0) is 54.8 Å². The highest BCUT2D eigenvalue weighted by molar-refractivity contribution is 6.46. The fourth-order valence-electron chi connectivity index (χ4n) is 4.99. The maximum atomic E-state index is 13.4. The van der Waals surface area contributed by atoms with Crippen molar-refractivity contribution < 1.29 is 24.2 Å². The maximum Gasteiger partial charge on any atom is 0.295 e. The number of amides is 1. The molecule has 8 heteroatoms. The Bertz CT molecular complexity index is 1200. The molecule has 0 spiro atoms. The van der Waals surface area contributed by atoms with Gasteiger partial charge in [0.25, 0.3) is 11.7 Å². The molecule has 1 amide bonds. The minimum atomic E-state index is -0.674. The number of anilines is 1. The molecule has 0 aliphatic carbocycles. The van der Waals surface area contributed by atoms with E-state index in [-0.39, 0.29) is 11.3 Å². The number of rotatable bonds is 10. The number of Topliss-reactive ketones (excluding diaryl/α,β-unsaturated/α-hetero) is 1. The molecular weight excluding hydrogens is 482 g/mol. The molecule has 2 heterocycles. The number of morpholine rings is 1. The number of carbonyl (C=O) groups is 2. The van der Waals surface area contributed by atoms with Crippen molar-refractivity contribution in [3.05, 3.63) is 77.4 Å².